The van der Waals surface area contributed by atoms with E-state index in [2.05, 4.69) is 29.5 Å². The number of nitrogens with one attached hydrogen (secondary N) is 2. The fourth-order valence-electron chi connectivity index (χ4n) is 2.14. The lowest BCUT2D eigenvalue weighted by molar-refractivity contribution is 0.0436. The van der Waals surface area contributed by atoms with Gasteiger partial charge in [-0.1, -0.05) is 6.92 Å². The molecule has 25 heavy (non-hydrogen) atoms. The predicted molar refractivity (Wildman–Crippen MR) is 109 cm³/mol. The highest BCUT2D eigenvalue weighted by molar-refractivity contribution is 14.0. The van der Waals surface area contributed by atoms with E-state index in [1.807, 2.05) is 12.1 Å². The summed E-state index contributed by atoms with van der Waals surface area (Å²) in [5.41, 5.74) is -1.14. The minimum atomic E-state index is -1.14. The number of rotatable bonds is 8. The summed E-state index contributed by atoms with van der Waals surface area (Å²) < 4.78 is 10.6. The van der Waals surface area contributed by atoms with Gasteiger partial charge in [0.1, 0.15) is 17.1 Å². The second-order valence-electron chi connectivity index (χ2n) is 6.13. The number of furan rings is 2. The van der Waals surface area contributed by atoms with Gasteiger partial charge in [-0.25, -0.2) is 4.99 Å². The largest absolute Gasteiger partial charge is 0.469 e. The monoisotopic (exact) mass is 461 g/mol. The lowest BCUT2D eigenvalue weighted by atomic mass is 10.0. The Hall–Kier alpha value is -1.48. The zero-order valence-corrected chi connectivity index (χ0v) is 17.3. The summed E-state index contributed by atoms with van der Waals surface area (Å²) in [6.07, 6.45) is 4.96. The van der Waals surface area contributed by atoms with E-state index in [-0.39, 0.29) is 36.6 Å². The third-order valence-electron chi connectivity index (χ3n) is 3.84. The summed E-state index contributed by atoms with van der Waals surface area (Å²) in [5, 5.41) is 17.1. The van der Waals surface area contributed by atoms with Crippen molar-refractivity contribution in [3.63, 3.8) is 0 Å². The van der Waals surface area contributed by atoms with Crippen LogP contribution < -0.4 is 10.6 Å². The highest BCUT2D eigenvalue weighted by Gasteiger charge is 2.26. The molecule has 0 saturated heterocycles. The van der Waals surface area contributed by atoms with Crippen LogP contribution in [0.1, 0.15) is 38.7 Å². The van der Waals surface area contributed by atoms with Crippen molar-refractivity contribution in [2.45, 2.75) is 45.3 Å². The van der Waals surface area contributed by atoms with Crippen molar-refractivity contribution >= 4 is 29.9 Å². The lowest BCUT2D eigenvalue weighted by Crippen LogP contribution is -2.43. The highest BCUT2D eigenvalue weighted by atomic mass is 127. The maximum absolute atomic E-state index is 10.5. The molecule has 2 rings (SSSR count). The molecule has 0 aliphatic carbocycles. The molecule has 2 atom stereocenters. The Kier molecular flexibility index (Phi) is 9.05. The molecule has 0 fully saturated rings. The maximum atomic E-state index is 10.5. The van der Waals surface area contributed by atoms with Crippen LogP contribution in [0.3, 0.4) is 0 Å². The van der Waals surface area contributed by atoms with E-state index >= 15 is 0 Å². The van der Waals surface area contributed by atoms with E-state index in [1.54, 1.807) is 31.6 Å². The first kappa shape index (κ1) is 21.6. The number of nitrogens with zero attached hydrogens (tertiary/aromatic N) is 1. The zero-order valence-electron chi connectivity index (χ0n) is 15.0. The average Bonchev–Trinajstić information content (AvgIpc) is 3.25. The first-order valence-corrected chi connectivity index (χ1v) is 8.35. The van der Waals surface area contributed by atoms with Crippen molar-refractivity contribution in [1.82, 2.24) is 10.6 Å². The molecule has 0 amide bonds. The Morgan fingerprint density at radius 2 is 2.00 bits per heavy atom. The number of aliphatic imine (C=N–C) groups is 1. The summed E-state index contributed by atoms with van der Waals surface area (Å²) in [4.78, 5) is 4.51. The summed E-state index contributed by atoms with van der Waals surface area (Å²) in [6, 6.07) is 7.62. The Morgan fingerprint density at radius 1 is 1.28 bits per heavy atom. The molecule has 7 heteroatoms. The zero-order chi connectivity index (χ0) is 17.4. The molecule has 0 radical (unpaired) electrons. The fraction of sp³-hybridized carbons (Fsp3) is 0.500. The number of aliphatic hydroxyl groups is 1. The van der Waals surface area contributed by atoms with Crippen molar-refractivity contribution < 1.29 is 13.9 Å². The van der Waals surface area contributed by atoms with Crippen molar-refractivity contribution in [2.75, 3.05) is 13.1 Å². The van der Waals surface area contributed by atoms with Crippen LogP contribution in [-0.4, -0.2) is 30.2 Å². The fourth-order valence-corrected chi connectivity index (χ4v) is 2.14. The molecule has 2 aromatic rings. The van der Waals surface area contributed by atoms with Gasteiger partial charge >= 0.3 is 0 Å². The van der Waals surface area contributed by atoms with Gasteiger partial charge in [0.2, 0.25) is 0 Å². The van der Waals surface area contributed by atoms with Crippen LogP contribution in [0.15, 0.2) is 50.6 Å². The normalized spacial score (nSPS) is 15.1. The minimum Gasteiger partial charge on any atom is -0.469 e. The topological polar surface area (TPSA) is 82.9 Å². The van der Waals surface area contributed by atoms with Gasteiger partial charge < -0.3 is 24.6 Å². The van der Waals surface area contributed by atoms with Crippen LogP contribution in [-0.2, 0) is 12.0 Å². The van der Waals surface area contributed by atoms with Crippen LogP contribution in [0.25, 0.3) is 0 Å². The average molecular weight is 461 g/mol. The van der Waals surface area contributed by atoms with Gasteiger partial charge in [0, 0.05) is 19.0 Å². The molecule has 140 valence electrons. The number of hydrogen-bond acceptors (Lipinski definition) is 4. The van der Waals surface area contributed by atoms with Gasteiger partial charge in [0.15, 0.2) is 5.96 Å². The van der Waals surface area contributed by atoms with Crippen molar-refractivity contribution in [3.8, 4) is 0 Å². The molecule has 0 spiro atoms. The molecule has 0 aliphatic heterocycles. The molecular weight excluding hydrogens is 433 g/mol. The molecule has 6 nitrogen and oxygen atoms in total. The van der Waals surface area contributed by atoms with E-state index in [1.165, 1.54) is 0 Å². The van der Waals surface area contributed by atoms with Crippen LogP contribution in [0.5, 0.6) is 0 Å². The van der Waals surface area contributed by atoms with Crippen LogP contribution in [0.2, 0.25) is 0 Å². The molecule has 0 bridgehead atoms. The predicted octanol–water partition coefficient (Wildman–Crippen LogP) is 3.27. The summed E-state index contributed by atoms with van der Waals surface area (Å²) >= 11 is 0. The van der Waals surface area contributed by atoms with Crippen molar-refractivity contribution in [3.05, 3.63) is 48.3 Å². The Morgan fingerprint density at radius 3 is 2.60 bits per heavy atom. The van der Waals surface area contributed by atoms with E-state index in [4.69, 9.17) is 8.83 Å². The van der Waals surface area contributed by atoms with Crippen LogP contribution in [0.4, 0.5) is 0 Å². The molecular formula is C18H28IN3O3. The van der Waals surface area contributed by atoms with Gasteiger partial charge in [-0.15, -0.1) is 24.0 Å². The molecule has 0 saturated carbocycles. The first-order chi connectivity index (χ1) is 11.5. The van der Waals surface area contributed by atoms with Gasteiger partial charge in [-0.3, -0.25) is 0 Å². The lowest BCUT2D eigenvalue weighted by Gasteiger charge is -2.21. The first-order valence-electron chi connectivity index (χ1n) is 8.35. The number of halogens is 1. The van der Waals surface area contributed by atoms with Crippen molar-refractivity contribution in [2.24, 2.45) is 4.99 Å². The second kappa shape index (κ2) is 10.5. The van der Waals surface area contributed by atoms with Gasteiger partial charge in [0.05, 0.1) is 19.1 Å². The Balaban J connectivity index is 0.00000312. The van der Waals surface area contributed by atoms with E-state index in [0.717, 1.165) is 18.6 Å². The summed E-state index contributed by atoms with van der Waals surface area (Å²) in [7, 11) is 0. The van der Waals surface area contributed by atoms with Gasteiger partial charge in [0.25, 0.3) is 0 Å². The Bertz CT molecular complexity index is 610. The third-order valence-corrected chi connectivity index (χ3v) is 3.84. The van der Waals surface area contributed by atoms with Crippen LogP contribution in [0, 0.1) is 0 Å². The SMILES string of the molecule is CCC(C)NC(=NCC(C)(O)c1ccco1)NCCc1ccco1.I. The molecule has 2 heterocycles. The summed E-state index contributed by atoms with van der Waals surface area (Å²) in [5.74, 6) is 2.10. The second-order valence-corrected chi connectivity index (χ2v) is 6.13. The van der Waals surface area contributed by atoms with Gasteiger partial charge in [-0.05, 0) is 44.5 Å². The maximum Gasteiger partial charge on any atom is 0.191 e. The van der Waals surface area contributed by atoms with E-state index in [0.29, 0.717) is 18.3 Å². The summed E-state index contributed by atoms with van der Waals surface area (Å²) in [6.45, 7) is 6.79. The Labute approximate surface area is 166 Å². The molecule has 0 aliphatic rings. The number of guanidine groups is 1. The number of hydrogen-bond donors (Lipinski definition) is 3. The van der Waals surface area contributed by atoms with E-state index < -0.39 is 5.60 Å². The third kappa shape index (κ3) is 7.11. The highest BCUT2D eigenvalue weighted by Crippen LogP contribution is 2.21. The molecule has 3 N–H and O–H groups in total. The van der Waals surface area contributed by atoms with Crippen molar-refractivity contribution in [1.29, 1.82) is 0 Å². The standard InChI is InChI=1S/C18H27N3O3.HI/c1-4-14(2)21-17(19-10-9-15-7-5-11-23-15)20-13-18(3,22)16-8-6-12-24-16;/h5-8,11-12,14,22H,4,9-10,13H2,1-3H3,(H2,19,20,21);1H. The minimum absolute atomic E-state index is 0. The quantitative estimate of drug-likeness (QED) is 0.319. The van der Waals surface area contributed by atoms with E-state index in [9.17, 15) is 5.11 Å². The molecule has 0 aromatic carbocycles. The molecule has 2 unspecified atom stereocenters. The smallest absolute Gasteiger partial charge is 0.191 e. The molecule has 2 aromatic heterocycles. The van der Waals surface area contributed by atoms with Crippen LogP contribution >= 0.6 is 24.0 Å². The van der Waals surface area contributed by atoms with Gasteiger partial charge in [-0.2, -0.15) is 0 Å².